The number of carbonyl (C=O) groups is 2. The first-order valence-electron chi connectivity index (χ1n) is 11.3. The van der Waals surface area contributed by atoms with Crippen molar-refractivity contribution in [3.63, 3.8) is 0 Å². The third kappa shape index (κ3) is 4.53. The monoisotopic (exact) mass is 543 g/mol. The van der Waals surface area contributed by atoms with Crippen LogP contribution >= 0.6 is 11.3 Å². The van der Waals surface area contributed by atoms with Crippen LogP contribution < -0.4 is 11.1 Å². The number of fused-ring (bicyclic) bond motifs is 1. The van der Waals surface area contributed by atoms with Gasteiger partial charge in [0.05, 0.1) is 18.4 Å². The fraction of sp³-hybridized carbons (Fsp3) is 0.208. The second kappa shape index (κ2) is 9.45. The van der Waals surface area contributed by atoms with Crippen LogP contribution in [0.25, 0.3) is 21.3 Å². The van der Waals surface area contributed by atoms with Gasteiger partial charge in [0, 0.05) is 35.6 Å². The molecule has 2 amide bonds. The van der Waals surface area contributed by atoms with Gasteiger partial charge in [-0.3, -0.25) is 19.0 Å². The number of nitrogens with one attached hydrogen (secondary N) is 1. The summed E-state index contributed by atoms with van der Waals surface area (Å²) in [6.45, 7) is 4.34. The summed E-state index contributed by atoms with van der Waals surface area (Å²) in [5, 5.41) is 11.1. The van der Waals surface area contributed by atoms with E-state index in [1.54, 1.807) is 40.8 Å². The molecular weight excluding hydrogens is 523 g/mol. The van der Waals surface area contributed by atoms with Crippen molar-refractivity contribution in [3.05, 3.63) is 70.6 Å². The van der Waals surface area contributed by atoms with Crippen LogP contribution in [-0.2, 0) is 19.3 Å². The zero-order valence-corrected chi connectivity index (χ0v) is 20.9. The Morgan fingerprint density at radius 2 is 2.00 bits per heavy atom. The molecule has 5 heterocycles. The fourth-order valence-electron chi connectivity index (χ4n) is 4.09. The van der Waals surface area contributed by atoms with Crippen LogP contribution in [0.3, 0.4) is 0 Å². The van der Waals surface area contributed by atoms with Crippen LogP contribution in [0.2, 0.25) is 0 Å². The molecule has 0 aliphatic heterocycles. The number of thiophene rings is 1. The number of carbonyl (C=O) groups excluding carboxylic acids is 2. The number of furan rings is 1. The second-order valence-electron chi connectivity index (χ2n) is 8.29. The largest absolute Gasteiger partial charge is 0.454 e. The fourth-order valence-corrected chi connectivity index (χ4v) is 5.10. The molecule has 3 N–H and O–H groups in total. The normalized spacial score (nSPS) is 11.8. The summed E-state index contributed by atoms with van der Waals surface area (Å²) in [6.07, 6.45) is 0.0166. The zero-order chi connectivity index (χ0) is 27.2. The Hall–Kier alpha value is -4.46. The number of hydrogen-bond donors (Lipinski definition) is 2. The number of aryl methyl sites for hydroxylation is 1. The highest BCUT2D eigenvalue weighted by molar-refractivity contribution is 7.21. The third-order valence-corrected chi connectivity index (χ3v) is 6.97. The Balaban J connectivity index is 1.63. The number of hydrogen-bond acceptors (Lipinski definition) is 7. The molecule has 0 unspecified atom stereocenters. The molecule has 0 aliphatic rings. The first-order valence-corrected chi connectivity index (χ1v) is 12.1. The molecule has 0 saturated heterocycles. The molecule has 0 atom stereocenters. The van der Waals surface area contributed by atoms with Crippen molar-refractivity contribution in [1.82, 2.24) is 24.5 Å². The molecule has 196 valence electrons. The maximum absolute atomic E-state index is 13.8. The number of halogens is 3. The molecule has 0 radical (unpaired) electrons. The molecule has 5 rings (SSSR count). The highest BCUT2D eigenvalue weighted by Crippen LogP contribution is 2.44. The summed E-state index contributed by atoms with van der Waals surface area (Å²) >= 11 is 0.665. The Morgan fingerprint density at radius 1 is 1.21 bits per heavy atom. The van der Waals surface area contributed by atoms with Gasteiger partial charge in [-0.1, -0.05) is 0 Å². The van der Waals surface area contributed by atoms with Crippen molar-refractivity contribution in [3.8, 4) is 11.1 Å². The molecule has 0 bridgehead atoms. The van der Waals surface area contributed by atoms with E-state index < -0.39 is 23.7 Å². The molecule has 5 aromatic heterocycles. The minimum atomic E-state index is -4.75. The summed E-state index contributed by atoms with van der Waals surface area (Å²) in [5.74, 6) is -1.27. The Kier molecular flexibility index (Phi) is 6.26. The SMILES string of the molecule is CCn1ncc(-c2cc(C(F)(F)F)nc3sc(C(N)=O)c(NC(=O)c4ccc(Cn5cccn5)o4)c23)c1C. The number of nitrogens with zero attached hydrogens (tertiary/aromatic N) is 5. The van der Waals surface area contributed by atoms with E-state index in [2.05, 4.69) is 20.5 Å². The molecule has 10 nitrogen and oxygen atoms in total. The number of amides is 2. The summed E-state index contributed by atoms with van der Waals surface area (Å²) in [4.78, 5) is 29.0. The van der Waals surface area contributed by atoms with E-state index in [0.29, 0.717) is 34.9 Å². The van der Waals surface area contributed by atoms with E-state index in [4.69, 9.17) is 10.2 Å². The lowest BCUT2D eigenvalue weighted by Gasteiger charge is -2.12. The smallest absolute Gasteiger partial charge is 0.433 e. The van der Waals surface area contributed by atoms with Gasteiger partial charge in [0.2, 0.25) is 0 Å². The number of aromatic nitrogens is 5. The van der Waals surface area contributed by atoms with E-state index in [1.807, 2.05) is 6.92 Å². The van der Waals surface area contributed by atoms with E-state index >= 15 is 0 Å². The summed E-state index contributed by atoms with van der Waals surface area (Å²) in [6, 6.07) is 5.67. The van der Waals surface area contributed by atoms with Crippen LogP contribution in [-0.4, -0.2) is 36.4 Å². The lowest BCUT2D eigenvalue weighted by Crippen LogP contribution is -2.16. The molecule has 14 heteroatoms. The number of nitrogens with two attached hydrogens (primary N) is 1. The molecular formula is C24H20F3N7O3S. The predicted octanol–water partition coefficient (Wildman–Crippen LogP) is 4.70. The number of primary amides is 1. The van der Waals surface area contributed by atoms with Crippen molar-refractivity contribution in [1.29, 1.82) is 0 Å². The van der Waals surface area contributed by atoms with Gasteiger partial charge in [-0.05, 0) is 43.7 Å². The molecule has 5 aromatic rings. The average molecular weight is 544 g/mol. The number of anilines is 1. The van der Waals surface area contributed by atoms with Crippen LogP contribution in [0.15, 0.2) is 47.3 Å². The maximum Gasteiger partial charge on any atom is 0.433 e. The molecule has 0 fully saturated rings. The zero-order valence-electron chi connectivity index (χ0n) is 20.0. The van der Waals surface area contributed by atoms with Gasteiger partial charge in [0.15, 0.2) is 5.76 Å². The van der Waals surface area contributed by atoms with Gasteiger partial charge in [0.25, 0.3) is 11.8 Å². The Morgan fingerprint density at radius 3 is 2.63 bits per heavy atom. The number of rotatable bonds is 7. The van der Waals surface area contributed by atoms with Gasteiger partial charge in [-0.15, -0.1) is 11.3 Å². The van der Waals surface area contributed by atoms with Crippen molar-refractivity contribution < 1.29 is 27.2 Å². The molecule has 0 saturated carbocycles. The highest BCUT2D eigenvalue weighted by atomic mass is 32.1. The lowest BCUT2D eigenvalue weighted by atomic mass is 10.0. The predicted molar refractivity (Wildman–Crippen MR) is 133 cm³/mol. The lowest BCUT2D eigenvalue weighted by molar-refractivity contribution is -0.140. The summed E-state index contributed by atoms with van der Waals surface area (Å²) < 4.78 is 50.1. The minimum absolute atomic E-state index is 0.0487. The molecule has 38 heavy (non-hydrogen) atoms. The minimum Gasteiger partial charge on any atom is -0.454 e. The molecule has 0 spiro atoms. The highest BCUT2D eigenvalue weighted by Gasteiger charge is 2.35. The second-order valence-corrected chi connectivity index (χ2v) is 9.29. The quantitative estimate of drug-likeness (QED) is 0.306. The first kappa shape index (κ1) is 25.2. The Labute approximate surface area is 216 Å². The summed E-state index contributed by atoms with van der Waals surface area (Å²) in [7, 11) is 0. The third-order valence-electron chi connectivity index (χ3n) is 5.87. The topological polar surface area (TPSA) is 134 Å². The number of alkyl halides is 3. The average Bonchev–Trinajstić information content (AvgIpc) is 3.65. The van der Waals surface area contributed by atoms with E-state index in [-0.39, 0.29) is 38.6 Å². The van der Waals surface area contributed by atoms with Crippen LogP contribution in [0.1, 0.15) is 44.3 Å². The standard InChI is InChI=1S/C24H20F3N7O3S/c1-3-34-12(2)15(10-30-34)14-9-17(24(25,26)27)31-23-18(14)19(20(38-23)21(28)35)32-22(36)16-6-5-13(37-16)11-33-8-4-7-29-33/h4-10H,3,11H2,1-2H3,(H2,28,35)(H,32,36). The van der Waals surface area contributed by atoms with E-state index in [1.165, 1.54) is 12.3 Å². The van der Waals surface area contributed by atoms with Crippen molar-refractivity contribution in [2.24, 2.45) is 5.73 Å². The van der Waals surface area contributed by atoms with Crippen LogP contribution in [0.5, 0.6) is 0 Å². The Bertz CT molecular complexity index is 1670. The van der Waals surface area contributed by atoms with Crippen molar-refractivity contribution in [2.75, 3.05) is 5.32 Å². The van der Waals surface area contributed by atoms with Crippen molar-refractivity contribution in [2.45, 2.75) is 33.1 Å². The first-order chi connectivity index (χ1) is 18.1. The van der Waals surface area contributed by atoms with Gasteiger partial charge >= 0.3 is 6.18 Å². The van der Waals surface area contributed by atoms with Crippen LogP contribution in [0, 0.1) is 6.92 Å². The van der Waals surface area contributed by atoms with Crippen LogP contribution in [0.4, 0.5) is 18.9 Å². The number of pyridine rings is 1. The van der Waals surface area contributed by atoms with Gasteiger partial charge in [-0.2, -0.15) is 23.4 Å². The molecule has 0 aliphatic carbocycles. The maximum atomic E-state index is 13.8. The van der Waals surface area contributed by atoms with Gasteiger partial charge < -0.3 is 15.5 Å². The van der Waals surface area contributed by atoms with Gasteiger partial charge in [0.1, 0.15) is 21.2 Å². The summed E-state index contributed by atoms with van der Waals surface area (Å²) in [5.41, 5.74) is 5.48. The molecule has 0 aromatic carbocycles. The van der Waals surface area contributed by atoms with E-state index in [9.17, 15) is 22.8 Å². The van der Waals surface area contributed by atoms with Crippen molar-refractivity contribution >= 4 is 39.1 Å². The van der Waals surface area contributed by atoms with E-state index in [0.717, 1.165) is 6.07 Å². The van der Waals surface area contributed by atoms with Gasteiger partial charge in [-0.25, -0.2) is 4.98 Å².